The first-order valence-electron chi connectivity index (χ1n) is 10.3. The minimum Gasteiger partial charge on any atom is -0.466 e. The van der Waals surface area contributed by atoms with Crippen molar-refractivity contribution in [3.63, 3.8) is 0 Å². The second-order valence-corrected chi connectivity index (χ2v) is 8.19. The minimum absolute atomic E-state index is 0.0473. The fourth-order valence-electron chi connectivity index (χ4n) is 3.46. The molecule has 0 saturated carbocycles. The molecule has 4 rings (SSSR count). The molecule has 1 aromatic heterocycles. The van der Waals surface area contributed by atoms with Crippen LogP contribution in [0.3, 0.4) is 0 Å². The van der Waals surface area contributed by atoms with Crippen LogP contribution < -0.4 is 5.32 Å². The van der Waals surface area contributed by atoms with E-state index < -0.39 is 6.04 Å². The van der Waals surface area contributed by atoms with Gasteiger partial charge in [0.05, 0.1) is 30.1 Å². The van der Waals surface area contributed by atoms with E-state index in [1.165, 1.54) is 0 Å². The lowest BCUT2D eigenvalue weighted by atomic mass is 10.0. The molecule has 0 aliphatic rings. The summed E-state index contributed by atoms with van der Waals surface area (Å²) in [6.45, 7) is 2.05. The van der Waals surface area contributed by atoms with E-state index in [4.69, 9.17) is 4.74 Å². The number of rotatable bonds is 7. The van der Waals surface area contributed by atoms with E-state index in [1.807, 2.05) is 60.7 Å². The molecule has 4 aromatic rings. The number of aromatic nitrogens is 2. The van der Waals surface area contributed by atoms with Gasteiger partial charge in [0.2, 0.25) is 0 Å². The Hall–Kier alpha value is -3.45. The third-order valence-corrected chi connectivity index (χ3v) is 5.57. The molecule has 0 unspecified atom stereocenters. The van der Waals surface area contributed by atoms with Crippen molar-refractivity contribution < 1.29 is 14.3 Å². The fourth-order valence-corrected chi connectivity index (χ4v) is 3.72. The molecule has 1 atom stereocenters. The van der Waals surface area contributed by atoms with Crippen molar-refractivity contribution in [3.05, 3.63) is 88.4 Å². The average molecular weight is 492 g/mol. The van der Waals surface area contributed by atoms with E-state index in [9.17, 15) is 9.59 Å². The first kappa shape index (κ1) is 21.8. The zero-order valence-corrected chi connectivity index (χ0v) is 19.1. The molecule has 0 saturated heterocycles. The number of ether oxygens (including phenoxy) is 1. The summed E-state index contributed by atoms with van der Waals surface area (Å²) in [5.74, 6) is 0.102. The number of H-pyrrole nitrogens is 1. The van der Waals surface area contributed by atoms with Crippen molar-refractivity contribution in [2.24, 2.45) is 0 Å². The summed E-state index contributed by atoms with van der Waals surface area (Å²) >= 11 is 3.41. The molecule has 0 bridgehead atoms. The summed E-state index contributed by atoms with van der Waals surface area (Å²) in [7, 11) is 0. The van der Waals surface area contributed by atoms with Crippen LogP contribution in [0.5, 0.6) is 0 Å². The van der Waals surface area contributed by atoms with Crippen LogP contribution in [-0.2, 0) is 9.53 Å². The number of nitrogens with zero attached hydrogens (tertiary/aromatic N) is 1. The van der Waals surface area contributed by atoms with Crippen LogP contribution in [0, 0.1) is 0 Å². The van der Waals surface area contributed by atoms with Gasteiger partial charge in [-0.2, -0.15) is 0 Å². The number of benzene rings is 3. The maximum atomic E-state index is 13.0. The number of imidazole rings is 1. The van der Waals surface area contributed by atoms with E-state index in [2.05, 4.69) is 31.2 Å². The number of aromatic amines is 1. The summed E-state index contributed by atoms with van der Waals surface area (Å²) < 4.78 is 6.01. The van der Waals surface area contributed by atoms with E-state index in [0.717, 1.165) is 32.5 Å². The molecule has 0 fully saturated rings. The van der Waals surface area contributed by atoms with Crippen LogP contribution in [0.25, 0.3) is 22.4 Å². The quantitative estimate of drug-likeness (QED) is 0.338. The fraction of sp³-hybridized carbons (Fsp3) is 0.160. The highest BCUT2D eigenvalue weighted by molar-refractivity contribution is 9.10. The number of hydrogen-bond acceptors (Lipinski definition) is 4. The van der Waals surface area contributed by atoms with E-state index in [-0.39, 0.29) is 18.3 Å². The zero-order chi connectivity index (χ0) is 22.5. The smallest absolute Gasteiger partial charge is 0.308 e. The Morgan fingerprint density at radius 1 is 1.06 bits per heavy atom. The lowest BCUT2D eigenvalue weighted by Crippen LogP contribution is -2.30. The number of carbonyl (C=O) groups excluding carboxylic acids is 2. The van der Waals surface area contributed by atoms with Crippen LogP contribution in [0.2, 0.25) is 0 Å². The number of nitrogens with one attached hydrogen (secondary N) is 2. The molecule has 32 heavy (non-hydrogen) atoms. The lowest BCUT2D eigenvalue weighted by molar-refractivity contribution is -0.143. The van der Waals surface area contributed by atoms with Crippen molar-refractivity contribution in [1.82, 2.24) is 15.3 Å². The monoisotopic (exact) mass is 491 g/mol. The van der Waals surface area contributed by atoms with Crippen molar-refractivity contribution in [2.45, 2.75) is 19.4 Å². The summed E-state index contributed by atoms with van der Waals surface area (Å²) in [4.78, 5) is 33.1. The average Bonchev–Trinajstić information content (AvgIpc) is 3.23. The second-order valence-electron chi connectivity index (χ2n) is 7.27. The Balaban J connectivity index is 1.58. The summed E-state index contributed by atoms with van der Waals surface area (Å²) in [5.41, 5.74) is 3.81. The summed E-state index contributed by atoms with van der Waals surface area (Å²) in [6, 6.07) is 22.1. The van der Waals surface area contributed by atoms with Gasteiger partial charge in [0.15, 0.2) is 0 Å². The molecule has 0 aliphatic heterocycles. The topological polar surface area (TPSA) is 84.1 Å². The van der Waals surface area contributed by atoms with Gasteiger partial charge in [-0.05, 0) is 42.8 Å². The molecular weight excluding hydrogens is 470 g/mol. The highest BCUT2D eigenvalue weighted by Gasteiger charge is 2.20. The van der Waals surface area contributed by atoms with E-state index in [1.54, 1.807) is 19.1 Å². The van der Waals surface area contributed by atoms with Crippen molar-refractivity contribution in [1.29, 1.82) is 0 Å². The highest BCUT2D eigenvalue weighted by Crippen LogP contribution is 2.23. The van der Waals surface area contributed by atoms with Gasteiger partial charge >= 0.3 is 5.97 Å². The standard InChI is InChI=1S/C25H22BrN3O3/c1-2-32-23(30)15-21(16-8-11-19(26)12-9-16)29-25(31)18-10-13-20-22(14-18)28-24(27-20)17-6-4-3-5-7-17/h3-14,21H,2,15H2,1H3,(H,27,28)(H,29,31)/t21-/m0/s1. The Morgan fingerprint density at radius 3 is 2.53 bits per heavy atom. The summed E-state index contributed by atoms with van der Waals surface area (Å²) in [6.07, 6.45) is 0.0473. The number of carbonyl (C=O) groups is 2. The molecule has 0 aliphatic carbocycles. The van der Waals surface area contributed by atoms with Crippen molar-refractivity contribution in [3.8, 4) is 11.4 Å². The van der Waals surface area contributed by atoms with Gasteiger partial charge in [-0.1, -0.05) is 58.4 Å². The number of esters is 1. The number of fused-ring (bicyclic) bond motifs is 1. The molecule has 6 nitrogen and oxygen atoms in total. The molecular formula is C25H22BrN3O3. The lowest BCUT2D eigenvalue weighted by Gasteiger charge is -2.19. The zero-order valence-electron chi connectivity index (χ0n) is 17.5. The first-order chi connectivity index (χ1) is 15.5. The third-order valence-electron chi connectivity index (χ3n) is 5.05. The Morgan fingerprint density at radius 2 is 1.81 bits per heavy atom. The van der Waals surface area contributed by atoms with Crippen molar-refractivity contribution >= 4 is 38.8 Å². The van der Waals surface area contributed by atoms with Crippen LogP contribution in [0.4, 0.5) is 0 Å². The SMILES string of the molecule is CCOC(=O)C[C@H](NC(=O)c1ccc2nc(-c3ccccc3)[nH]c2c1)c1ccc(Br)cc1. The van der Waals surface area contributed by atoms with Crippen LogP contribution in [-0.4, -0.2) is 28.5 Å². The van der Waals surface area contributed by atoms with Gasteiger partial charge in [-0.25, -0.2) is 4.98 Å². The number of halogens is 1. The molecule has 1 amide bonds. The highest BCUT2D eigenvalue weighted by atomic mass is 79.9. The third kappa shape index (κ3) is 5.06. The van der Waals surface area contributed by atoms with Gasteiger partial charge in [0.1, 0.15) is 5.82 Å². The summed E-state index contributed by atoms with van der Waals surface area (Å²) in [5, 5.41) is 2.97. The van der Waals surface area contributed by atoms with Gasteiger partial charge in [-0.3, -0.25) is 9.59 Å². The molecule has 3 aromatic carbocycles. The molecule has 1 heterocycles. The number of amides is 1. The largest absolute Gasteiger partial charge is 0.466 e. The predicted molar refractivity (Wildman–Crippen MR) is 127 cm³/mol. The van der Waals surface area contributed by atoms with E-state index in [0.29, 0.717) is 12.2 Å². The minimum atomic E-state index is -0.507. The van der Waals surface area contributed by atoms with Gasteiger partial charge in [-0.15, -0.1) is 0 Å². The van der Waals surface area contributed by atoms with Crippen LogP contribution >= 0.6 is 15.9 Å². The van der Waals surface area contributed by atoms with Gasteiger partial charge < -0.3 is 15.0 Å². The first-order valence-corrected chi connectivity index (χ1v) is 11.1. The van der Waals surface area contributed by atoms with E-state index >= 15 is 0 Å². The molecule has 0 radical (unpaired) electrons. The Bertz CT molecular complexity index is 1240. The predicted octanol–water partition coefficient (Wildman–Crippen LogP) is 5.42. The molecule has 162 valence electrons. The molecule has 2 N–H and O–H groups in total. The molecule has 7 heteroatoms. The van der Waals surface area contributed by atoms with Crippen molar-refractivity contribution in [2.75, 3.05) is 6.61 Å². The van der Waals surface area contributed by atoms with Gasteiger partial charge in [0.25, 0.3) is 5.91 Å². The normalized spacial score (nSPS) is 11.8. The maximum absolute atomic E-state index is 13.0. The number of hydrogen-bond donors (Lipinski definition) is 2. The Kier molecular flexibility index (Phi) is 6.66. The van der Waals surface area contributed by atoms with Crippen LogP contribution in [0.1, 0.15) is 35.3 Å². The van der Waals surface area contributed by atoms with Gasteiger partial charge in [0, 0.05) is 15.6 Å². The Labute approximate surface area is 194 Å². The molecule has 0 spiro atoms. The maximum Gasteiger partial charge on any atom is 0.308 e. The van der Waals surface area contributed by atoms with Crippen LogP contribution in [0.15, 0.2) is 77.3 Å². The second kappa shape index (κ2) is 9.78.